The van der Waals surface area contributed by atoms with Crippen LogP contribution in [0.1, 0.15) is 5.56 Å². The minimum atomic E-state index is -0.919. The second-order valence-electron chi connectivity index (χ2n) is 5.77. The van der Waals surface area contributed by atoms with Gasteiger partial charge >= 0.3 is 17.6 Å². The summed E-state index contributed by atoms with van der Waals surface area (Å²) >= 11 is 0. The lowest BCUT2D eigenvalue weighted by Crippen LogP contribution is -2.08. The van der Waals surface area contributed by atoms with Crippen molar-refractivity contribution in [3.05, 3.63) is 94.6 Å². The van der Waals surface area contributed by atoms with Crippen molar-refractivity contribution in [3.8, 4) is 5.75 Å². The molecule has 0 radical (unpaired) electrons. The number of benzene rings is 3. The number of rotatable bonds is 6. The number of carbonyl (C=O) groups is 2. The van der Waals surface area contributed by atoms with Crippen molar-refractivity contribution in [2.75, 3.05) is 0 Å². The molecule has 7 nitrogen and oxygen atoms in total. The van der Waals surface area contributed by atoms with Crippen molar-refractivity contribution in [3.63, 3.8) is 0 Å². The summed E-state index contributed by atoms with van der Waals surface area (Å²) in [5.41, 5.74) is 0.464. The lowest BCUT2D eigenvalue weighted by molar-refractivity contribution is -0.385. The lowest BCUT2D eigenvalue weighted by atomic mass is 10.1. The summed E-state index contributed by atoms with van der Waals surface area (Å²) in [6, 6.07) is 18.9. The first-order valence-corrected chi connectivity index (χ1v) is 8.31. The normalized spacial score (nSPS) is 10.7. The molecule has 0 aromatic heterocycles. The van der Waals surface area contributed by atoms with E-state index in [1.54, 1.807) is 0 Å². The van der Waals surface area contributed by atoms with Crippen LogP contribution in [0.3, 0.4) is 0 Å². The molecule has 3 aromatic carbocycles. The number of para-hydroxylation sites is 2. The minimum absolute atomic E-state index is 0.0488. The molecule has 7 heteroatoms. The van der Waals surface area contributed by atoms with E-state index in [4.69, 9.17) is 9.47 Å². The molecule has 3 rings (SSSR count). The van der Waals surface area contributed by atoms with E-state index in [-0.39, 0.29) is 18.0 Å². The van der Waals surface area contributed by atoms with Crippen molar-refractivity contribution >= 4 is 28.4 Å². The van der Waals surface area contributed by atoms with Gasteiger partial charge in [0, 0.05) is 18.2 Å². The Hall–Kier alpha value is -4.00. The van der Waals surface area contributed by atoms with Gasteiger partial charge in [-0.25, -0.2) is 9.59 Å². The lowest BCUT2D eigenvalue weighted by Gasteiger charge is -2.04. The summed E-state index contributed by atoms with van der Waals surface area (Å²) in [6.45, 7) is 0.0488. The fourth-order valence-corrected chi connectivity index (χ4v) is 2.50. The quantitative estimate of drug-likeness (QED) is 0.212. The molecule has 0 saturated heterocycles. The van der Waals surface area contributed by atoms with Gasteiger partial charge in [0.25, 0.3) is 0 Å². The SMILES string of the molecule is O=C(/C=C/C(=O)Oc1ccccc1[N+](=O)[O-])OCc1ccc2ccccc2c1. The summed E-state index contributed by atoms with van der Waals surface area (Å²) in [7, 11) is 0. The molecule has 0 amide bonds. The number of nitro groups is 1. The molecule has 0 bridgehead atoms. The molecular formula is C21H15NO6. The average molecular weight is 377 g/mol. The smallest absolute Gasteiger partial charge is 0.336 e. The largest absolute Gasteiger partial charge is 0.458 e. The average Bonchev–Trinajstić information content (AvgIpc) is 2.70. The third kappa shape index (κ3) is 4.79. The summed E-state index contributed by atoms with van der Waals surface area (Å²) in [4.78, 5) is 33.8. The third-order valence-electron chi connectivity index (χ3n) is 3.82. The van der Waals surface area contributed by atoms with Gasteiger partial charge in [0.05, 0.1) is 4.92 Å². The van der Waals surface area contributed by atoms with E-state index >= 15 is 0 Å². The van der Waals surface area contributed by atoms with Crippen LogP contribution in [-0.2, 0) is 20.9 Å². The Morgan fingerprint density at radius 3 is 2.36 bits per heavy atom. The summed E-state index contributed by atoms with van der Waals surface area (Å²) in [6.07, 6.45) is 1.78. The molecule has 140 valence electrons. The topological polar surface area (TPSA) is 95.7 Å². The summed E-state index contributed by atoms with van der Waals surface area (Å²) in [5.74, 6) is -1.85. The van der Waals surface area contributed by atoms with Crippen molar-refractivity contribution in [1.82, 2.24) is 0 Å². The van der Waals surface area contributed by atoms with Crippen LogP contribution in [-0.4, -0.2) is 16.9 Å². The molecule has 0 unspecified atom stereocenters. The van der Waals surface area contributed by atoms with Crippen molar-refractivity contribution < 1.29 is 24.0 Å². The van der Waals surface area contributed by atoms with Crippen molar-refractivity contribution in [1.29, 1.82) is 0 Å². The number of carbonyl (C=O) groups excluding carboxylic acids is 2. The maximum absolute atomic E-state index is 11.8. The number of hydrogen-bond acceptors (Lipinski definition) is 6. The highest BCUT2D eigenvalue weighted by Gasteiger charge is 2.16. The predicted molar refractivity (Wildman–Crippen MR) is 102 cm³/mol. The fourth-order valence-electron chi connectivity index (χ4n) is 2.50. The number of fused-ring (bicyclic) bond motifs is 1. The molecule has 0 saturated carbocycles. The van der Waals surface area contributed by atoms with Crippen LogP contribution in [0.25, 0.3) is 10.8 Å². The van der Waals surface area contributed by atoms with Crippen molar-refractivity contribution in [2.45, 2.75) is 6.61 Å². The van der Waals surface area contributed by atoms with Crippen LogP contribution in [0.2, 0.25) is 0 Å². The second kappa shape index (κ2) is 8.59. The van der Waals surface area contributed by atoms with E-state index in [1.165, 1.54) is 24.3 Å². The van der Waals surface area contributed by atoms with Crippen LogP contribution in [0, 0.1) is 10.1 Å². The van der Waals surface area contributed by atoms with Gasteiger partial charge in [-0.05, 0) is 28.5 Å². The van der Waals surface area contributed by atoms with E-state index < -0.39 is 16.9 Å². The minimum Gasteiger partial charge on any atom is -0.458 e. The van der Waals surface area contributed by atoms with Gasteiger partial charge in [-0.15, -0.1) is 0 Å². The van der Waals surface area contributed by atoms with Crippen LogP contribution >= 0.6 is 0 Å². The maximum Gasteiger partial charge on any atom is 0.336 e. The zero-order valence-corrected chi connectivity index (χ0v) is 14.6. The van der Waals surface area contributed by atoms with Gasteiger partial charge in [-0.2, -0.15) is 0 Å². The Morgan fingerprint density at radius 1 is 0.893 bits per heavy atom. The molecule has 0 aliphatic heterocycles. The summed E-state index contributed by atoms with van der Waals surface area (Å²) < 4.78 is 9.99. The molecule has 0 spiro atoms. The van der Waals surface area contributed by atoms with Gasteiger partial charge in [-0.1, -0.05) is 48.5 Å². The van der Waals surface area contributed by atoms with E-state index in [2.05, 4.69) is 0 Å². The van der Waals surface area contributed by atoms with Gasteiger partial charge in [0.2, 0.25) is 5.75 Å². The van der Waals surface area contributed by atoms with E-state index in [0.29, 0.717) is 0 Å². The van der Waals surface area contributed by atoms with Crippen LogP contribution in [0.4, 0.5) is 5.69 Å². The van der Waals surface area contributed by atoms with E-state index in [0.717, 1.165) is 28.5 Å². The Morgan fingerprint density at radius 2 is 1.57 bits per heavy atom. The number of hydrogen-bond donors (Lipinski definition) is 0. The van der Waals surface area contributed by atoms with Gasteiger partial charge in [0.15, 0.2) is 0 Å². The first-order chi connectivity index (χ1) is 13.5. The molecule has 28 heavy (non-hydrogen) atoms. The molecule has 0 aliphatic rings. The van der Waals surface area contributed by atoms with Gasteiger partial charge in [-0.3, -0.25) is 10.1 Å². The highest BCUT2D eigenvalue weighted by Crippen LogP contribution is 2.25. The molecule has 3 aromatic rings. The monoisotopic (exact) mass is 377 g/mol. The Bertz CT molecular complexity index is 1070. The standard InChI is InChI=1S/C21H15NO6/c23-20(27-14-15-9-10-16-5-1-2-6-17(16)13-15)11-12-21(24)28-19-8-4-3-7-18(19)22(25)26/h1-13H,14H2/b12-11+. The zero-order valence-electron chi connectivity index (χ0n) is 14.6. The Labute approximate surface area is 160 Å². The first kappa shape index (κ1) is 18.8. The predicted octanol–water partition coefficient (Wildman–Crippen LogP) is 3.95. The van der Waals surface area contributed by atoms with Crippen LogP contribution < -0.4 is 4.74 Å². The first-order valence-electron chi connectivity index (χ1n) is 8.31. The highest BCUT2D eigenvalue weighted by molar-refractivity contribution is 5.93. The van der Waals surface area contributed by atoms with Gasteiger partial charge in [0.1, 0.15) is 6.61 Å². The van der Waals surface area contributed by atoms with Crippen LogP contribution in [0.15, 0.2) is 78.9 Å². The van der Waals surface area contributed by atoms with Crippen molar-refractivity contribution in [2.24, 2.45) is 0 Å². The molecule has 0 N–H and O–H groups in total. The fraction of sp³-hybridized carbons (Fsp3) is 0.0476. The highest BCUT2D eigenvalue weighted by atomic mass is 16.6. The Kier molecular flexibility index (Phi) is 5.76. The molecule has 0 atom stereocenters. The summed E-state index contributed by atoms with van der Waals surface area (Å²) in [5, 5.41) is 13.0. The van der Waals surface area contributed by atoms with E-state index in [9.17, 15) is 19.7 Å². The van der Waals surface area contributed by atoms with E-state index in [1.807, 2.05) is 42.5 Å². The molecule has 0 heterocycles. The number of ether oxygens (including phenoxy) is 2. The second-order valence-corrected chi connectivity index (χ2v) is 5.77. The van der Waals surface area contributed by atoms with Crippen LogP contribution in [0.5, 0.6) is 5.75 Å². The molecule has 0 aliphatic carbocycles. The number of nitro benzene ring substituents is 1. The zero-order chi connectivity index (χ0) is 19.9. The number of nitrogens with zero attached hydrogens (tertiary/aromatic N) is 1. The Balaban J connectivity index is 1.56. The molecule has 0 fully saturated rings. The molecular weight excluding hydrogens is 362 g/mol. The maximum atomic E-state index is 11.8. The number of esters is 2. The third-order valence-corrected chi connectivity index (χ3v) is 3.82. The van der Waals surface area contributed by atoms with Gasteiger partial charge < -0.3 is 9.47 Å².